The van der Waals surface area contributed by atoms with Gasteiger partial charge in [-0.05, 0) is 49.2 Å². The molecule has 0 aliphatic heterocycles. The van der Waals surface area contributed by atoms with Crippen molar-refractivity contribution in [1.82, 2.24) is 9.13 Å². The fraction of sp³-hybridized carbons (Fsp3) is 0.111. The summed E-state index contributed by atoms with van der Waals surface area (Å²) >= 11 is 1.28. The molecule has 170 valence electrons. The predicted molar refractivity (Wildman–Crippen MR) is 132 cm³/mol. The van der Waals surface area contributed by atoms with Crippen molar-refractivity contribution in [2.75, 3.05) is 0 Å². The number of thiophene rings is 1. The average molecular weight is 475 g/mol. The van der Waals surface area contributed by atoms with Gasteiger partial charge in [0.15, 0.2) is 0 Å². The van der Waals surface area contributed by atoms with Crippen molar-refractivity contribution in [2.45, 2.75) is 20.4 Å². The Bertz CT molecular complexity index is 1630. The summed E-state index contributed by atoms with van der Waals surface area (Å²) in [6.45, 7) is 3.48. The van der Waals surface area contributed by atoms with Crippen molar-refractivity contribution in [2.24, 2.45) is 0 Å². The molecular formula is C27H20F2N2O2S. The van der Waals surface area contributed by atoms with Crippen molar-refractivity contribution in [3.05, 3.63) is 122 Å². The van der Waals surface area contributed by atoms with E-state index in [1.165, 1.54) is 22.0 Å². The summed E-state index contributed by atoms with van der Waals surface area (Å²) in [5.41, 5.74) is 1.79. The van der Waals surface area contributed by atoms with Gasteiger partial charge in [-0.15, -0.1) is 11.3 Å². The van der Waals surface area contributed by atoms with E-state index in [-0.39, 0.29) is 12.1 Å². The third-order valence-electron chi connectivity index (χ3n) is 5.92. The first-order valence-corrected chi connectivity index (χ1v) is 11.5. The van der Waals surface area contributed by atoms with Crippen LogP contribution in [0.4, 0.5) is 8.78 Å². The van der Waals surface area contributed by atoms with E-state index in [1.807, 2.05) is 38.1 Å². The number of fused-ring (bicyclic) bond motifs is 1. The van der Waals surface area contributed by atoms with Crippen LogP contribution in [0.15, 0.2) is 82.4 Å². The molecule has 0 aliphatic rings. The summed E-state index contributed by atoms with van der Waals surface area (Å²) in [7, 11) is 0. The number of rotatable bonds is 4. The molecule has 2 heterocycles. The predicted octanol–water partition coefficient (Wildman–Crippen LogP) is 5.82. The molecule has 0 radical (unpaired) electrons. The number of hydrogen-bond acceptors (Lipinski definition) is 3. The monoisotopic (exact) mass is 474 g/mol. The van der Waals surface area contributed by atoms with Crippen LogP contribution in [0.3, 0.4) is 0 Å². The van der Waals surface area contributed by atoms with Crippen LogP contribution < -0.4 is 11.2 Å². The zero-order valence-corrected chi connectivity index (χ0v) is 19.3. The van der Waals surface area contributed by atoms with Crippen molar-refractivity contribution in [3.8, 4) is 16.1 Å². The molecule has 0 fully saturated rings. The van der Waals surface area contributed by atoms with Crippen molar-refractivity contribution in [1.29, 1.82) is 0 Å². The average Bonchev–Trinajstić information content (AvgIpc) is 3.17. The van der Waals surface area contributed by atoms with Gasteiger partial charge in [-0.1, -0.05) is 54.1 Å². The molecule has 2 aromatic heterocycles. The van der Waals surface area contributed by atoms with Crippen LogP contribution in [0.5, 0.6) is 0 Å². The summed E-state index contributed by atoms with van der Waals surface area (Å²) in [6, 6.07) is 20.0. The fourth-order valence-electron chi connectivity index (χ4n) is 4.11. The van der Waals surface area contributed by atoms with Gasteiger partial charge in [-0.2, -0.15) is 0 Å². The number of halogens is 2. The molecule has 5 aromatic rings. The number of hydrogen-bond donors (Lipinski definition) is 0. The first-order chi connectivity index (χ1) is 16.4. The summed E-state index contributed by atoms with van der Waals surface area (Å²) < 4.78 is 31.4. The van der Waals surface area contributed by atoms with Crippen LogP contribution in [0.1, 0.15) is 16.7 Å². The number of aryl methyl sites for hydroxylation is 2. The second-order valence-corrected chi connectivity index (χ2v) is 9.15. The summed E-state index contributed by atoms with van der Waals surface area (Å²) in [6.07, 6.45) is 0. The molecule has 34 heavy (non-hydrogen) atoms. The minimum absolute atomic E-state index is 0.230. The highest BCUT2D eigenvalue weighted by Crippen LogP contribution is 2.36. The van der Waals surface area contributed by atoms with Gasteiger partial charge in [0, 0.05) is 10.4 Å². The molecule has 7 heteroatoms. The van der Waals surface area contributed by atoms with E-state index >= 15 is 0 Å². The third-order valence-corrected chi connectivity index (χ3v) is 7.28. The van der Waals surface area contributed by atoms with Crippen LogP contribution in [0.2, 0.25) is 0 Å². The number of para-hydroxylation sites is 1. The zero-order valence-electron chi connectivity index (χ0n) is 18.5. The lowest BCUT2D eigenvalue weighted by atomic mass is 10.1. The summed E-state index contributed by atoms with van der Waals surface area (Å²) in [5.74, 6) is -1.49. The van der Waals surface area contributed by atoms with Gasteiger partial charge in [-0.25, -0.2) is 18.1 Å². The maximum absolute atomic E-state index is 14.5. The number of benzene rings is 3. The standard InChI is InChI=1S/C27H20F2N2O2S/c1-16-11-13-18(14-12-16)24-17(2)23-25(32)31(19-7-4-3-5-8-19)27(33)30(26(23)34-24)15-20-21(28)9-6-10-22(20)29/h3-14H,15H2,1-2H3. The van der Waals surface area contributed by atoms with E-state index in [9.17, 15) is 18.4 Å². The highest BCUT2D eigenvalue weighted by atomic mass is 32.1. The van der Waals surface area contributed by atoms with E-state index < -0.39 is 22.9 Å². The molecule has 3 aromatic carbocycles. The van der Waals surface area contributed by atoms with Crippen molar-refractivity contribution < 1.29 is 8.78 Å². The highest BCUT2D eigenvalue weighted by molar-refractivity contribution is 7.22. The Hall–Kier alpha value is -3.84. The van der Waals surface area contributed by atoms with Gasteiger partial charge in [0.05, 0.1) is 17.6 Å². The van der Waals surface area contributed by atoms with Crippen LogP contribution in [-0.4, -0.2) is 9.13 Å². The first kappa shape index (κ1) is 22.0. The van der Waals surface area contributed by atoms with Gasteiger partial charge in [0.1, 0.15) is 16.5 Å². The fourth-order valence-corrected chi connectivity index (χ4v) is 5.41. The number of aromatic nitrogens is 2. The van der Waals surface area contributed by atoms with Crippen LogP contribution in [0, 0.1) is 25.5 Å². The first-order valence-electron chi connectivity index (χ1n) is 10.7. The molecule has 0 saturated heterocycles. The van der Waals surface area contributed by atoms with Crippen LogP contribution >= 0.6 is 11.3 Å². The molecule has 0 bridgehead atoms. The van der Waals surface area contributed by atoms with Crippen molar-refractivity contribution in [3.63, 3.8) is 0 Å². The van der Waals surface area contributed by atoms with E-state index in [4.69, 9.17) is 0 Å². The van der Waals surface area contributed by atoms with E-state index in [0.717, 1.165) is 38.3 Å². The minimum Gasteiger partial charge on any atom is -0.279 e. The molecular weight excluding hydrogens is 454 g/mol. The molecule has 5 rings (SSSR count). The second-order valence-electron chi connectivity index (χ2n) is 8.15. The normalized spacial score (nSPS) is 11.3. The molecule has 4 nitrogen and oxygen atoms in total. The second kappa shape index (κ2) is 8.50. The van der Waals surface area contributed by atoms with Crippen LogP contribution in [-0.2, 0) is 6.54 Å². The maximum Gasteiger partial charge on any atom is 0.337 e. The summed E-state index contributed by atoms with van der Waals surface area (Å²) in [4.78, 5) is 28.5. The van der Waals surface area contributed by atoms with E-state index in [2.05, 4.69) is 0 Å². The van der Waals surface area contributed by atoms with E-state index in [0.29, 0.717) is 15.9 Å². The maximum atomic E-state index is 14.5. The number of nitrogens with zero attached hydrogens (tertiary/aromatic N) is 2. The highest BCUT2D eigenvalue weighted by Gasteiger charge is 2.23. The van der Waals surface area contributed by atoms with Gasteiger partial charge in [-0.3, -0.25) is 9.36 Å². The Balaban J connectivity index is 1.87. The smallest absolute Gasteiger partial charge is 0.279 e. The SMILES string of the molecule is Cc1ccc(-c2sc3c(c2C)c(=O)n(-c2ccccc2)c(=O)n3Cc2c(F)cccc2F)cc1. The molecule has 0 atom stereocenters. The Morgan fingerprint density at radius 3 is 2.12 bits per heavy atom. The third kappa shape index (κ3) is 3.58. The lowest BCUT2D eigenvalue weighted by molar-refractivity contribution is 0.541. The summed E-state index contributed by atoms with van der Waals surface area (Å²) in [5, 5.41) is 0.362. The molecule has 0 aliphatic carbocycles. The van der Waals surface area contributed by atoms with Gasteiger partial charge in [0.2, 0.25) is 0 Å². The van der Waals surface area contributed by atoms with Crippen LogP contribution in [0.25, 0.3) is 26.3 Å². The molecule has 0 amide bonds. The Morgan fingerprint density at radius 2 is 1.47 bits per heavy atom. The molecule has 0 spiro atoms. The molecule has 0 unspecified atom stereocenters. The Morgan fingerprint density at radius 1 is 0.824 bits per heavy atom. The van der Waals surface area contributed by atoms with E-state index in [1.54, 1.807) is 30.3 Å². The Kier molecular flexibility index (Phi) is 5.49. The van der Waals surface area contributed by atoms with Crippen molar-refractivity contribution >= 4 is 21.6 Å². The Labute approximate surface area is 198 Å². The zero-order chi connectivity index (χ0) is 24.0. The van der Waals surface area contributed by atoms with Gasteiger partial charge >= 0.3 is 5.69 Å². The minimum atomic E-state index is -0.746. The topological polar surface area (TPSA) is 44.0 Å². The molecule has 0 saturated carbocycles. The lowest BCUT2D eigenvalue weighted by Crippen LogP contribution is -2.39. The lowest BCUT2D eigenvalue weighted by Gasteiger charge is -2.13. The van der Waals surface area contributed by atoms with Gasteiger partial charge in [0.25, 0.3) is 5.56 Å². The van der Waals surface area contributed by atoms with Gasteiger partial charge < -0.3 is 0 Å². The largest absolute Gasteiger partial charge is 0.337 e. The quantitative estimate of drug-likeness (QED) is 0.329. The molecule has 0 N–H and O–H groups in total.